The van der Waals surface area contributed by atoms with Gasteiger partial charge in [0.15, 0.2) is 0 Å². The van der Waals surface area contributed by atoms with Gasteiger partial charge >= 0.3 is 5.97 Å². The molecule has 0 fully saturated rings. The lowest BCUT2D eigenvalue weighted by molar-refractivity contribution is 0.0601. The number of unbranched alkanes of at least 4 members (excludes halogenated alkanes) is 4. The minimum Gasteiger partial charge on any atom is -0.465 e. The van der Waals surface area contributed by atoms with Crippen molar-refractivity contribution >= 4 is 11.7 Å². The highest BCUT2D eigenvalue weighted by atomic mass is 16.5. The van der Waals surface area contributed by atoms with E-state index in [2.05, 4.69) is 19.9 Å². The summed E-state index contributed by atoms with van der Waals surface area (Å²) in [5.74, 6) is -0.332. The van der Waals surface area contributed by atoms with Crippen molar-refractivity contribution < 1.29 is 9.53 Å². The van der Waals surface area contributed by atoms with Gasteiger partial charge in [0.25, 0.3) is 0 Å². The molecule has 0 saturated carbocycles. The summed E-state index contributed by atoms with van der Waals surface area (Å²) in [7, 11) is 1.41. The number of hydrogen-bond donors (Lipinski definition) is 1. The van der Waals surface area contributed by atoms with Crippen LogP contribution >= 0.6 is 0 Å². The van der Waals surface area contributed by atoms with Gasteiger partial charge in [0.05, 0.1) is 12.7 Å². The molecule has 0 heterocycles. The number of anilines is 1. The Morgan fingerprint density at radius 1 is 1.05 bits per heavy atom. The molecule has 0 spiro atoms. The molecule has 2 N–H and O–H groups in total. The van der Waals surface area contributed by atoms with Crippen LogP contribution < -0.4 is 5.73 Å². The quantitative estimate of drug-likeness (QED) is 0.413. The molecule has 1 rings (SSSR count). The van der Waals surface area contributed by atoms with Gasteiger partial charge in [-0.05, 0) is 42.9 Å². The number of benzene rings is 1. The highest BCUT2D eigenvalue weighted by Gasteiger charge is 2.15. The maximum atomic E-state index is 11.9. The Hall–Kier alpha value is -1.51. The van der Waals surface area contributed by atoms with E-state index in [4.69, 9.17) is 10.5 Å². The first-order valence-corrected chi connectivity index (χ1v) is 8.13. The third kappa shape index (κ3) is 5.41. The summed E-state index contributed by atoms with van der Waals surface area (Å²) in [4.78, 5) is 11.9. The van der Waals surface area contributed by atoms with E-state index in [1.807, 2.05) is 6.07 Å². The minimum absolute atomic E-state index is 0.332. The zero-order chi connectivity index (χ0) is 15.7. The largest absolute Gasteiger partial charge is 0.465 e. The summed E-state index contributed by atoms with van der Waals surface area (Å²) in [6.45, 7) is 4.38. The van der Waals surface area contributed by atoms with E-state index in [-0.39, 0.29) is 5.97 Å². The van der Waals surface area contributed by atoms with Gasteiger partial charge in [-0.15, -0.1) is 0 Å². The first-order valence-electron chi connectivity index (χ1n) is 8.13. The van der Waals surface area contributed by atoms with E-state index in [1.54, 1.807) is 0 Å². The van der Waals surface area contributed by atoms with Gasteiger partial charge in [-0.2, -0.15) is 0 Å². The van der Waals surface area contributed by atoms with Crippen LogP contribution in [0.4, 0.5) is 5.69 Å². The van der Waals surface area contributed by atoms with E-state index in [0.717, 1.165) is 31.2 Å². The number of nitrogen functional groups attached to an aromatic ring is 1. The van der Waals surface area contributed by atoms with E-state index in [1.165, 1.54) is 38.4 Å². The first-order chi connectivity index (χ1) is 10.1. The molecule has 118 valence electrons. The molecule has 21 heavy (non-hydrogen) atoms. The van der Waals surface area contributed by atoms with Crippen LogP contribution in [0, 0.1) is 0 Å². The minimum atomic E-state index is -0.332. The number of aryl methyl sites for hydroxylation is 2. The summed E-state index contributed by atoms with van der Waals surface area (Å²) in [6, 6.07) is 4.08. The average Bonchev–Trinajstić information content (AvgIpc) is 2.49. The molecule has 0 saturated heterocycles. The zero-order valence-electron chi connectivity index (χ0n) is 13.7. The van der Waals surface area contributed by atoms with Crippen molar-refractivity contribution in [2.75, 3.05) is 12.8 Å². The molecule has 0 aliphatic heterocycles. The van der Waals surface area contributed by atoms with Gasteiger partial charge in [-0.1, -0.05) is 45.6 Å². The Balaban J connectivity index is 2.97. The molecule has 3 heteroatoms. The Morgan fingerprint density at radius 2 is 1.67 bits per heavy atom. The molecular weight excluding hydrogens is 262 g/mol. The number of carbonyl (C=O) groups is 1. The van der Waals surface area contributed by atoms with Gasteiger partial charge < -0.3 is 10.5 Å². The Morgan fingerprint density at radius 3 is 2.24 bits per heavy atom. The van der Waals surface area contributed by atoms with Crippen molar-refractivity contribution in [3.05, 3.63) is 28.8 Å². The number of rotatable bonds is 9. The second kappa shape index (κ2) is 9.43. The smallest absolute Gasteiger partial charge is 0.339 e. The molecule has 1 aromatic carbocycles. The molecule has 0 aromatic heterocycles. The predicted molar refractivity (Wildman–Crippen MR) is 88.7 cm³/mol. The maximum Gasteiger partial charge on any atom is 0.339 e. The molecular formula is C18H29NO2. The van der Waals surface area contributed by atoms with E-state index >= 15 is 0 Å². The fourth-order valence-electron chi connectivity index (χ4n) is 2.55. The lowest BCUT2D eigenvalue weighted by atomic mass is 9.96. The van der Waals surface area contributed by atoms with Crippen LogP contribution in [0.1, 0.15) is 73.9 Å². The number of hydrogen-bond acceptors (Lipinski definition) is 3. The normalized spacial score (nSPS) is 10.6. The van der Waals surface area contributed by atoms with Crippen molar-refractivity contribution in [1.29, 1.82) is 0 Å². The molecule has 0 atom stereocenters. The van der Waals surface area contributed by atoms with Gasteiger partial charge in [0.2, 0.25) is 0 Å². The molecule has 0 amide bonds. The molecule has 1 aromatic rings. The second-order valence-corrected chi connectivity index (χ2v) is 5.62. The summed E-state index contributed by atoms with van der Waals surface area (Å²) >= 11 is 0. The number of carbonyl (C=O) groups excluding carboxylic acids is 1. The van der Waals surface area contributed by atoms with Crippen LogP contribution in [-0.2, 0) is 17.6 Å². The molecule has 0 aliphatic rings. The fourth-order valence-corrected chi connectivity index (χ4v) is 2.55. The van der Waals surface area contributed by atoms with Crippen molar-refractivity contribution in [1.82, 2.24) is 0 Å². The molecule has 3 nitrogen and oxygen atoms in total. The number of esters is 1. The second-order valence-electron chi connectivity index (χ2n) is 5.62. The van der Waals surface area contributed by atoms with Crippen molar-refractivity contribution in [3.63, 3.8) is 0 Å². The van der Waals surface area contributed by atoms with Crippen LogP contribution in [0.15, 0.2) is 12.1 Å². The maximum absolute atomic E-state index is 11.9. The summed E-state index contributed by atoms with van der Waals surface area (Å²) in [5.41, 5.74) is 9.58. The molecule has 0 unspecified atom stereocenters. The summed E-state index contributed by atoms with van der Waals surface area (Å²) in [6.07, 6.45) is 8.97. The van der Waals surface area contributed by atoms with E-state index < -0.39 is 0 Å². The van der Waals surface area contributed by atoms with Crippen LogP contribution in [0.25, 0.3) is 0 Å². The highest BCUT2D eigenvalue weighted by molar-refractivity contribution is 5.96. The highest BCUT2D eigenvalue weighted by Crippen LogP contribution is 2.24. The van der Waals surface area contributed by atoms with E-state index in [0.29, 0.717) is 11.3 Å². The third-order valence-electron chi connectivity index (χ3n) is 3.85. The van der Waals surface area contributed by atoms with Crippen molar-refractivity contribution in [3.8, 4) is 0 Å². The van der Waals surface area contributed by atoms with Crippen LogP contribution in [0.3, 0.4) is 0 Å². The topological polar surface area (TPSA) is 52.3 Å². The van der Waals surface area contributed by atoms with Crippen molar-refractivity contribution in [2.45, 2.75) is 65.2 Å². The zero-order valence-corrected chi connectivity index (χ0v) is 13.7. The van der Waals surface area contributed by atoms with Gasteiger partial charge in [-0.3, -0.25) is 0 Å². The van der Waals surface area contributed by atoms with E-state index in [9.17, 15) is 4.79 Å². The summed E-state index contributed by atoms with van der Waals surface area (Å²) in [5, 5.41) is 0. The van der Waals surface area contributed by atoms with Gasteiger partial charge in [0, 0.05) is 5.69 Å². The van der Waals surface area contributed by atoms with Crippen LogP contribution in [-0.4, -0.2) is 13.1 Å². The summed E-state index contributed by atoms with van der Waals surface area (Å²) < 4.78 is 4.86. The van der Waals surface area contributed by atoms with Gasteiger partial charge in [-0.25, -0.2) is 4.79 Å². The predicted octanol–water partition coefficient (Wildman–Crippen LogP) is 4.52. The fraction of sp³-hybridized carbons (Fsp3) is 0.611. The van der Waals surface area contributed by atoms with Crippen molar-refractivity contribution in [2.24, 2.45) is 0 Å². The average molecular weight is 291 g/mol. The molecule has 0 radical (unpaired) electrons. The molecule has 0 bridgehead atoms. The third-order valence-corrected chi connectivity index (χ3v) is 3.85. The monoisotopic (exact) mass is 291 g/mol. The van der Waals surface area contributed by atoms with Crippen LogP contribution in [0.5, 0.6) is 0 Å². The molecule has 0 aliphatic carbocycles. The SMILES string of the molecule is CCCCCc1cc(CCCCC)c(N)c(C(=O)OC)c1. The lowest BCUT2D eigenvalue weighted by Gasteiger charge is -2.13. The standard InChI is InChI=1S/C18H29NO2/c1-4-6-8-10-14-12-15(11-9-7-5-2)17(19)16(13-14)18(20)21-3/h12-13H,4-11,19H2,1-3H3. The first kappa shape index (κ1) is 17.5. The number of nitrogens with two attached hydrogens (primary N) is 1. The Labute approximate surface area is 128 Å². The number of ether oxygens (including phenoxy) is 1. The Bertz CT molecular complexity index is 455. The van der Waals surface area contributed by atoms with Gasteiger partial charge in [0.1, 0.15) is 0 Å². The lowest BCUT2D eigenvalue weighted by Crippen LogP contribution is -2.09. The Kier molecular flexibility index (Phi) is 7.88. The van der Waals surface area contributed by atoms with Crippen LogP contribution in [0.2, 0.25) is 0 Å². The number of methoxy groups -OCH3 is 1.